The molecule has 0 radical (unpaired) electrons. The van der Waals surface area contributed by atoms with Crippen LogP contribution in [0.25, 0.3) is 5.52 Å². The van der Waals surface area contributed by atoms with E-state index < -0.39 is 23.4 Å². The molecule has 2 amide bonds. The minimum absolute atomic E-state index is 0.0477. The molecule has 1 atom stereocenters. The van der Waals surface area contributed by atoms with Crippen LogP contribution < -0.4 is 10.2 Å². The lowest BCUT2D eigenvalue weighted by Crippen LogP contribution is -2.38. The first-order chi connectivity index (χ1) is 17.7. The first-order valence-corrected chi connectivity index (χ1v) is 13.5. The smallest absolute Gasteiger partial charge is 0.416 e. The summed E-state index contributed by atoms with van der Waals surface area (Å²) in [6.07, 6.45) is -0.637. The summed E-state index contributed by atoms with van der Waals surface area (Å²) in [5.74, 6) is 6.30. The van der Waals surface area contributed by atoms with Gasteiger partial charge in [0.1, 0.15) is 22.4 Å². The van der Waals surface area contributed by atoms with Crippen LogP contribution in [0.5, 0.6) is 0 Å². The third-order valence-corrected chi connectivity index (χ3v) is 5.98. The van der Waals surface area contributed by atoms with E-state index in [0.717, 1.165) is 10.4 Å². The lowest BCUT2D eigenvalue weighted by atomic mass is 10.1. The summed E-state index contributed by atoms with van der Waals surface area (Å²) in [6, 6.07) is 5.44. The second-order valence-corrected chi connectivity index (χ2v) is 12.2. The number of carbonyl (C=O) groups excluding carboxylic acids is 2. The number of hydrogen-bond acceptors (Lipinski definition) is 7. The average molecular weight is 560 g/mol. The molecular weight excluding hydrogens is 526 g/mol. The Balaban J connectivity index is 2.07. The zero-order valence-electron chi connectivity index (χ0n) is 23.0. The Morgan fingerprint density at radius 2 is 1.89 bits per heavy atom. The molecule has 0 aliphatic heterocycles. The summed E-state index contributed by atoms with van der Waals surface area (Å²) in [5, 5.41) is 9.13. The van der Waals surface area contributed by atoms with E-state index in [1.54, 1.807) is 32.2 Å². The van der Waals surface area contributed by atoms with Crippen molar-refractivity contribution in [3.05, 3.63) is 45.0 Å². The molecule has 0 fully saturated rings. The summed E-state index contributed by atoms with van der Waals surface area (Å²) in [6.45, 7) is 14.7. The SMILES string of the molecule is CC#Cc1c(C[C@H](C)NC(=O)OC(C)(C)C)cc2c(N(Cc3cccs3)C(=O)OC(C)(C)C)nc(Cl)nn12. The van der Waals surface area contributed by atoms with Gasteiger partial charge in [0, 0.05) is 10.9 Å². The fourth-order valence-corrected chi connectivity index (χ4v) is 4.51. The van der Waals surface area contributed by atoms with Crippen molar-refractivity contribution in [3.63, 3.8) is 0 Å². The number of ether oxygens (including phenoxy) is 2. The number of nitrogens with one attached hydrogen (secondary N) is 1. The molecule has 0 spiro atoms. The molecule has 0 aliphatic carbocycles. The van der Waals surface area contributed by atoms with Crippen LogP contribution in [-0.4, -0.2) is 44.0 Å². The van der Waals surface area contributed by atoms with Gasteiger partial charge in [-0.05, 0) is 102 Å². The maximum absolute atomic E-state index is 13.4. The number of rotatable bonds is 6. The van der Waals surface area contributed by atoms with E-state index in [1.807, 2.05) is 51.3 Å². The largest absolute Gasteiger partial charge is 0.444 e. The van der Waals surface area contributed by atoms with Gasteiger partial charge in [0.05, 0.1) is 6.54 Å². The van der Waals surface area contributed by atoms with Crippen LogP contribution in [0.3, 0.4) is 0 Å². The Kier molecular flexibility index (Phi) is 8.95. The van der Waals surface area contributed by atoms with Crippen molar-refractivity contribution in [2.75, 3.05) is 4.90 Å². The minimum Gasteiger partial charge on any atom is -0.444 e. The Bertz CT molecular complexity index is 1360. The van der Waals surface area contributed by atoms with Gasteiger partial charge in [0.15, 0.2) is 5.82 Å². The number of carbonyl (C=O) groups is 2. The number of thiophene rings is 1. The molecule has 204 valence electrons. The highest BCUT2D eigenvalue weighted by molar-refractivity contribution is 7.09. The van der Waals surface area contributed by atoms with E-state index in [1.165, 1.54) is 16.2 Å². The highest BCUT2D eigenvalue weighted by Crippen LogP contribution is 2.29. The molecule has 3 aromatic rings. The van der Waals surface area contributed by atoms with Crippen LogP contribution in [0.2, 0.25) is 5.28 Å². The average Bonchev–Trinajstić information content (AvgIpc) is 3.37. The summed E-state index contributed by atoms with van der Waals surface area (Å²) in [4.78, 5) is 32.5. The maximum atomic E-state index is 13.4. The van der Waals surface area contributed by atoms with Crippen LogP contribution in [0, 0.1) is 11.8 Å². The highest BCUT2D eigenvalue weighted by atomic mass is 35.5. The van der Waals surface area contributed by atoms with Crippen molar-refractivity contribution in [2.45, 2.75) is 85.6 Å². The lowest BCUT2D eigenvalue weighted by Gasteiger charge is -2.27. The molecule has 0 unspecified atom stereocenters. The topological polar surface area (TPSA) is 98.1 Å². The van der Waals surface area contributed by atoms with Crippen molar-refractivity contribution in [1.82, 2.24) is 19.9 Å². The molecule has 0 bridgehead atoms. The maximum Gasteiger partial charge on any atom is 0.416 e. The number of aromatic nitrogens is 3. The summed E-state index contributed by atoms with van der Waals surface area (Å²) in [7, 11) is 0. The number of fused-ring (bicyclic) bond motifs is 1. The van der Waals surface area contributed by atoms with Crippen molar-refractivity contribution in [2.24, 2.45) is 0 Å². The predicted octanol–water partition coefficient (Wildman–Crippen LogP) is 6.21. The van der Waals surface area contributed by atoms with Crippen molar-refractivity contribution in [3.8, 4) is 11.8 Å². The van der Waals surface area contributed by atoms with E-state index >= 15 is 0 Å². The molecule has 11 heteroatoms. The summed E-state index contributed by atoms with van der Waals surface area (Å²) >= 11 is 7.88. The van der Waals surface area contributed by atoms with E-state index in [0.29, 0.717) is 23.4 Å². The number of hydrogen-bond donors (Lipinski definition) is 1. The second-order valence-electron chi connectivity index (χ2n) is 10.8. The minimum atomic E-state index is -0.716. The number of nitrogens with zero attached hydrogens (tertiary/aromatic N) is 4. The second kappa shape index (κ2) is 11.6. The predicted molar refractivity (Wildman–Crippen MR) is 150 cm³/mol. The Morgan fingerprint density at radius 1 is 1.21 bits per heavy atom. The summed E-state index contributed by atoms with van der Waals surface area (Å²) < 4.78 is 12.7. The van der Waals surface area contributed by atoms with Gasteiger partial charge < -0.3 is 14.8 Å². The molecule has 0 saturated heterocycles. The zero-order chi connectivity index (χ0) is 28.3. The fraction of sp³-hybridized carbons (Fsp3) is 0.481. The number of alkyl carbamates (subject to hydrolysis) is 1. The molecule has 1 N–H and O–H groups in total. The quantitative estimate of drug-likeness (QED) is 0.360. The zero-order valence-corrected chi connectivity index (χ0v) is 24.6. The van der Waals surface area contributed by atoms with Gasteiger partial charge in [-0.3, -0.25) is 4.90 Å². The van der Waals surface area contributed by atoms with Crippen LogP contribution >= 0.6 is 22.9 Å². The van der Waals surface area contributed by atoms with Crippen LogP contribution in [0.4, 0.5) is 15.4 Å². The molecular formula is C27H34ClN5O4S. The van der Waals surface area contributed by atoms with Gasteiger partial charge in [-0.1, -0.05) is 12.0 Å². The van der Waals surface area contributed by atoms with E-state index in [9.17, 15) is 9.59 Å². The molecule has 0 saturated carbocycles. The standard InChI is InChI=1S/C27H34ClN5O4S/c1-9-11-20-18(14-17(2)29-24(34)36-26(3,4)5)15-21-22(30-23(28)31-33(20)21)32(16-19-12-10-13-38-19)25(35)37-27(6,7)8/h10,12-13,15,17H,14,16H2,1-8H3,(H,29,34)/t17-/m0/s1. The van der Waals surface area contributed by atoms with E-state index in [4.69, 9.17) is 21.1 Å². The fourth-order valence-electron chi connectivity index (χ4n) is 3.66. The van der Waals surface area contributed by atoms with Gasteiger partial charge in [0.25, 0.3) is 0 Å². The lowest BCUT2D eigenvalue weighted by molar-refractivity contribution is 0.0506. The van der Waals surface area contributed by atoms with E-state index in [2.05, 4.69) is 27.2 Å². The molecule has 0 aliphatic rings. The van der Waals surface area contributed by atoms with Crippen LogP contribution in [-0.2, 0) is 22.4 Å². The molecule has 3 aromatic heterocycles. The Labute approximate surface area is 232 Å². The van der Waals surface area contributed by atoms with Gasteiger partial charge in [-0.15, -0.1) is 16.4 Å². The third kappa shape index (κ3) is 7.85. The summed E-state index contributed by atoms with van der Waals surface area (Å²) in [5.41, 5.74) is 0.607. The highest BCUT2D eigenvalue weighted by Gasteiger charge is 2.29. The van der Waals surface area contributed by atoms with Crippen LogP contribution in [0.1, 0.15) is 71.5 Å². The number of halogens is 1. The monoisotopic (exact) mass is 559 g/mol. The van der Waals surface area contributed by atoms with Crippen LogP contribution in [0.15, 0.2) is 23.6 Å². The van der Waals surface area contributed by atoms with Crippen molar-refractivity contribution >= 4 is 46.5 Å². The number of anilines is 1. The molecule has 38 heavy (non-hydrogen) atoms. The van der Waals surface area contributed by atoms with Crippen molar-refractivity contribution < 1.29 is 19.1 Å². The molecule has 0 aromatic carbocycles. The van der Waals surface area contributed by atoms with E-state index in [-0.39, 0.29) is 17.9 Å². The van der Waals surface area contributed by atoms with Gasteiger partial charge in [0.2, 0.25) is 5.28 Å². The van der Waals surface area contributed by atoms with Crippen molar-refractivity contribution in [1.29, 1.82) is 0 Å². The first-order valence-electron chi connectivity index (χ1n) is 12.2. The first kappa shape index (κ1) is 29.3. The normalized spacial score (nSPS) is 12.4. The van der Waals surface area contributed by atoms with Gasteiger partial charge >= 0.3 is 12.2 Å². The molecule has 9 nitrogen and oxygen atoms in total. The Morgan fingerprint density at radius 3 is 2.47 bits per heavy atom. The number of amides is 2. The van der Waals surface area contributed by atoms with Gasteiger partial charge in [-0.25, -0.2) is 14.1 Å². The molecule has 3 heterocycles. The Hall–Kier alpha value is -3.29. The molecule has 3 rings (SSSR count). The third-order valence-electron chi connectivity index (χ3n) is 4.96. The van der Waals surface area contributed by atoms with Gasteiger partial charge in [-0.2, -0.15) is 4.98 Å².